The van der Waals surface area contributed by atoms with Crippen molar-refractivity contribution in [1.82, 2.24) is 14.5 Å². The summed E-state index contributed by atoms with van der Waals surface area (Å²) in [7, 11) is 0. The van der Waals surface area contributed by atoms with Crippen LogP contribution in [-0.4, -0.2) is 31.5 Å². The van der Waals surface area contributed by atoms with Gasteiger partial charge in [0.2, 0.25) is 0 Å². The number of amides is 1. The predicted molar refractivity (Wildman–Crippen MR) is 96.6 cm³/mol. The molecule has 0 bridgehead atoms. The van der Waals surface area contributed by atoms with Crippen molar-refractivity contribution in [2.24, 2.45) is 5.73 Å². The number of hydrogen-bond donors (Lipinski definition) is 2. The van der Waals surface area contributed by atoms with Gasteiger partial charge in [0.25, 0.3) is 5.91 Å². The Hall–Kier alpha value is -3.74. The SMILES string of the molecule is NC(=O)c1cn(CC(=O)O)c2ccc(-c3cnc4cccnc4c3)cc12. The van der Waals surface area contributed by atoms with Gasteiger partial charge in [0.05, 0.1) is 16.6 Å². The second-order valence-corrected chi connectivity index (χ2v) is 5.93. The summed E-state index contributed by atoms with van der Waals surface area (Å²) in [6.07, 6.45) is 4.92. The topological polar surface area (TPSA) is 111 Å². The summed E-state index contributed by atoms with van der Waals surface area (Å²) in [5.74, 6) is -1.60. The highest BCUT2D eigenvalue weighted by Crippen LogP contribution is 2.29. The first kappa shape index (κ1) is 15.8. The number of carboxylic acid groups (broad SMARTS) is 1. The Morgan fingerprint density at radius 3 is 2.69 bits per heavy atom. The van der Waals surface area contributed by atoms with Crippen molar-refractivity contribution < 1.29 is 14.7 Å². The molecule has 3 aromatic heterocycles. The van der Waals surface area contributed by atoms with E-state index in [-0.39, 0.29) is 12.1 Å². The van der Waals surface area contributed by atoms with E-state index in [9.17, 15) is 9.59 Å². The third-order valence-corrected chi connectivity index (χ3v) is 4.24. The number of aromatic nitrogens is 3. The third kappa shape index (κ3) is 2.65. The predicted octanol–water partition coefficient (Wildman–Crippen LogP) is 2.44. The van der Waals surface area contributed by atoms with Crippen LogP contribution in [0.2, 0.25) is 0 Å². The van der Waals surface area contributed by atoms with Gasteiger partial charge in [-0.25, -0.2) is 0 Å². The molecule has 1 aromatic carbocycles. The van der Waals surface area contributed by atoms with E-state index in [2.05, 4.69) is 9.97 Å². The minimum atomic E-state index is -0.994. The summed E-state index contributed by atoms with van der Waals surface area (Å²) in [6.45, 7) is -0.245. The Morgan fingerprint density at radius 1 is 1.08 bits per heavy atom. The van der Waals surface area contributed by atoms with Gasteiger partial charge in [0.15, 0.2) is 0 Å². The zero-order chi connectivity index (χ0) is 18.3. The Kier molecular flexibility index (Phi) is 3.62. The maximum atomic E-state index is 11.8. The first-order valence-electron chi connectivity index (χ1n) is 7.88. The molecule has 0 unspecified atom stereocenters. The lowest BCUT2D eigenvalue weighted by atomic mass is 10.0. The fraction of sp³-hybridized carbons (Fsp3) is 0.0526. The average molecular weight is 346 g/mol. The minimum Gasteiger partial charge on any atom is -0.480 e. The average Bonchev–Trinajstić information content (AvgIpc) is 2.99. The van der Waals surface area contributed by atoms with Crippen LogP contribution in [0.15, 0.2) is 55.0 Å². The molecule has 128 valence electrons. The van der Waals surface area contributed by atoms with Gasteiger partial charge >= 0.3 is 5.97 Å². The van der Waals surface area contributed by atoms with Crippen molar-refractivity contribution in [3.8, 4) is 11.1 Å². The van der Waals surface area contributed by atoms with E-state index in [0.717, 1.165) is 22.2 Å². The third-order valence-electron chi connectivity index (χ3n) is 4.24. The number of nitrogens with two attached hydrogens (primary N) is 1. The molecule has 0 fully saturated rings. The molecule has 0 spiro atoms. The molecule has 1 amide bonds. The van der Waals surface area contributed by atoms with E-state index in [0.29, 0.717) is 10.9 Å². The molecule has 0 aliphatic heterocycles. The zero-order valence-electron chi connectivity index (χ0n) is 13.6. The van der Waals surface area contributed by atoms with Crippen molar-refractivity contribution in [3.63, 3.8) is 0 Å². The molecule has 26 heavy (non-hydrogen) atoms. The summed E-state index contributed by atoms with van der Waals surface area (Å²) < 4.78 is 1.50. The summed E-state index contributed by atoms with van der Waals surface area (Å²) in [5.41, 5.74) is 9.64. The van der Waals surface area contributed by atoms with E-state index in [1.165, 1.54) is 10.8 Å². The molecule has 4 aromatic rings. The highest BCUT2D eigenvalue weighted by molar-refractivity contribution is 6.07. The Balaban J connectivity index is 1.89. The molecule has 0 aliphatic carbocycles. The number of carbonyl (C=O) groups is 2. The molecule has 3 N–H and O–H groups in total. The standard InChI is InChI=1S/C19H14N4O3/c20-19(26)14-9-23(10-18(24)25)17-4-3-11(6-13(14)17)12-7-16-15(22-8-12)2-1-5-21-16/h1-9H,10H2,(H2,20,26)(H,24,25). The van der Waals surface area contributed by atoms with Gasteiger partial charge in [-0.05, 0) is 35.9 Å². The number of carboxylic acids is 1. The number of benzene rings is 1. The van der Waals surface area contributed by atoms with Crippen LogP contribution in [-0.2, 0) is 11.3 Å². The van der Waals surface area contributed by atoms with Crippen LogP contribution in [0.1, 0.15) is 10.4 Å². The van der Waals surface area contributed by atoms with Gasteiger partial charge in [-0.15, -0.1) is 0 Å². The number of fused-ring (bicyclic) bond motifs is 2. The quantitative estimate of drug-likeness (QED) is 0.589. The smallest absolute Gasteiger partial charge is 0.323 e. The van der Waals surface area contributed by atoms with Crippen molar-refractivity contribution in [2.45, 2.75) is 6.54 Å². The lowest BCUT2D eigenvalue weighted by Gasteiger charge is -2.05. The Morgan fingerprint density at radius 2 is 1.92 bits per heavy atom. The van der Waals surface area contributed by atoms with E-state index >= 15 is 0 Å². The highest BCUT2D eigenvalue weighted by Gasteiger charge is 2.15. The number of nitrogens with zero attached hydrogens (tertiary/aromatic N) is 3. The van der Waals surface area contributed by atoms with Crippen LogP contribution in [0.25, 0.3) is 33.1 Å². The number of primary amides is 1. The molecule has 0 saturated heterocycles. The highest BCUT2D eigenvalue weighted by atomic mass is 16.4. The summed E-state index contributed by atoms with van der Waals surface area (Å²) >= 11 is 0. The molecule has 4 rings (SSSR count). The molecule has 0 saturated carbocycles. The molecular weight excluding hydrogens is 332 g/mol. The van der Waals surface area contributed by atoms with Crippen molar-refractivity contribution in [1.29, 1.82) is 0 Å². The lowest BCUT2D eigenvalue weighted by Crippen LogP contribution is -2.11. The normalized spacial score (nSPS) is 11.1. The molecular formula is C19H14N4O3. The van der Waals surface area contributed by atoms with Crippen LogP contribution in [0.3, 0.4) is 0 Å². The van der Waals surface area contributed by atoms with Gasteiger partial charge in [-0.1, -0.05) is 6.07 Å². The maximum absolute atomic E-state index is 11.8. The van der Waals surface area contributed by atoms with Crippen molar-refractivity contribution in [2.75, 3.05) is 0 Å². The van der Waals surface area contributed by atoms with E-state index < -0.39 is 11.9 Å². The molecule has 0 radical (unpaired) electrons. The Bertz CT molecular complexity index is 1180. The van der Waals surface area contributed by atoms with Gasteiger partial charge in [0.1, 0.15) is 6.54 Å². The maximum Gasteiger partial charge on any atom is 0.323 e. The number of rotatable bonds is 4. The first-order chi connectivity index (χ1) is 12.5. The number of pyridine rings is 2. The summed E-state index contributed by atoms with van der Waals surface area (Å²) in [6, 6.07) is 11.1. The summed E-state index contributed by atoms with van der Waals surface area (Å²) in [4.78, 5) is 31.5. The van der Waals surface area contributed by atoms with Gasteiger partial charge in [0, 0.05) is 35.1 Å². The molecule has 7 heteroatoms. The fourth-order valence-corrected chi connectivity index (χ4v) is 3.06. The van der Waals surface area contributed by atoms with Gasteiger partial charge in [-0.2, -0.15) is 0 Å². The molecule has 3 heterocycles. The second-order valence-electron chi connectivity index (χ2n) is 5.93. The first-order valence-corrected chi connectivity index (χ1v) is 7.88. The van der Waals surface area contributed by atoms with Crippen LogP contribution >= 0.6 is 0 Å². The zero-order valence-corrected chi connectivity index (χ0v) is 13.6. The van der Waals surface area contributed by atoms with Crippen LogP contribution in [0.4, 0.5) is 0 Å². The van der Waals surface area contributed by atoms with Crippen LogP contribution in [0.5, 0.6) is 0 Å². The van der Waals surface area contributed by atoms with Crippen molar-refractivity contribution >= 4 is 33.8 Å². The van der Waals surface area contributed by atoms with Crippen molar-refractivity contribution in [3.05, 3.63) is 60.6 Å². The Labute approximate surface area is 147 Å². The molecule has 0 atom stereocenters. The number of carbonyl (C=O) groups excluding carboxylic acids is 1. The molecule has 0 aliphatic rings. The second kappa shape index (κ2) is 5.96. The minimum absolute atomic E-state index is 0.245. The fourth-order valence-electron chi connectivity index (χ4n) is 3.06. The van der Waals surface area contributed by atoms with Crippen LogP contribution in [0, 0.1) is 0 Å². The van der Waals surface area contributed by atoms with E-state index in [1.54, 1.807) is 18.5 Å². The lowest BCUT2D eigenvalue weighted by molar-refractivity contribution is -0.137. The number of hydrogen-bond acceptors (Lipinski definition) is 4. The van der Waals surface area contributed by atoms with E-state index in [4.69, 9.17) is 10.8 Å². The van der Waals surface area contributed by atoms with Crippen LogP contribution < -0.4 is 5.73 Å². The van der Waals surface area contributed by atoms with Gasteiger partial charge in [-0.3, -0.25) is 19.6 Å². The molecule has 7 nitrogen and oxygen atoms in total. The monoisotopic (exact) mass is 346 g/mol. The van der Waals surface area contributed by atoms with Gasteiger partial charge < -0.3 is 15.4 Å². The summed E-state index contributed by atoms with van der Waals surface area (Å²) in [5, 5.41) is 9.66. The van der Waals surface area contributed by atoms with E-state index in [1.807, 2.05) is 30.3 Å². The number of aliphatic carboxylic acids is 1. The largest absolute Gasteiger partial charge is 0.480 e.